The third-order valence-corrected chi connectivity index (χ3v) is 5.17. The maximum Gasteiger partial charge on any atom is 0.410 e. The van der Waals surface area contributed by atoms with Crippen molar-refractivity contribution < 1.29 is 23.9 Å². The molecule has 0 aromatic heterocycles. The predicted molar refractivity (Wildman–Crippen MR) is 113 cm³/mol. The normalized spacial score (nSPS) is 19.6. The molecule has 1 atom stereocenters. The Labute approximate surface area is 177 Å². The number of hydrogen-bond donors (Lipinski definition) is 0. The van der Waals surface area contributed by atoms with Crippen LogP contribution in [0.4, 0.5) is 15.3 Å². The van der Waals surface area contributed by atoms with Crippen molar-refractivity contribution in [2.24, 2.45) is 0 Å². The smallest absolute Gasteiger partial charge is 0.410 e. The summed E-state index contributed by atoms with van der Waals surface area (Å²) < 4.78 is 10.1. The van der Waals surface area contributed by atoms with Crippen molar-refractivity contribution in [3.05, 3.63) is 35.9 Å². The van der Waals surface area contributed by atoms with Gasteiger partial charge in [-0.05, 0) is 51.0 Å². The molecule has 0 N–H and O–H groups in total. The molecule has 8 heteroatoms. The monoisotopic (exact) mass is 415 g/mol. The number of anilines is 1. The molecule has 2 fully saturated rings. The summed E-state index contributed by atoms with van der Waals surface area (Å²) in [6, 6.07) is 7.36. The van der Waals surface area contributed by atoms with Gasteiger partial charge in [-0.15, -0.1) is 0 Å². The summed E-state index contributed by atoms with van der Waals surface area (Å²) >= 11 is 0. The van der Waals surface area contributed by atoms with Crippen molar-refractivity contribution in [1.29, 1.82) is 0 Å². The summed E-state index contributed by atoms with van der Waals surface area (Å²) in [6.45, 7) is 9.26. The van der Waals surface area contributed by atoms with E-state index in [-0.39, 0.29) is 18.2 Å². The van der Waals surface area contributed by atoms with Gasteiger partial charge in [0.05, 0.1) is 13.2 Å². The second-order valence-electron chi connectivity index (χ2n) is 8.56. The fourth-order valence-corrected chi connectivity index (χ4v) is 3.64. The predicted octanol–water partition coefficient (Wildman–Crippen LogP) is 3.12. The van der Waals surface area contributed by atoms with Crippen LogP contribution in [0.3, 0.4) is 0 Å². The molecule has 3 amide bonds. The number of carbonyl (C=O) groups is 3. The van der Waals surface area contributed by atoms with Gasteiger partial charge in [-0.1, -0.05) is 12.1 Å². The SMILES string of the molecule is COC(=O)/C=C(\C)c1ccc(N2C[C@@H]3CN(C(=O)OC(C)(C)C)CCN3C2=O)cc1. The van der Waals surface area contributed by atoms with Crippen LogP contribution in [0.5, 0.6) is 0 Å². The van der Waals surface area contributed by atoms with Gasteiger partial charge in [-0.3, -0.25) is 4.90 Å². The Kier molecular flexibility index (Phi) is 6.05. The molecule has 3 rings (SSSR count). The van der Waals surface area contributed by atoms with E-state index in [0.717, 1.165) is 16.8 Å². The number of urea groups is 1. The molecule has 2 aliphatic rings. The highest BCUT2D eigenvalue weighted by molar-refractivity contribution is 5.95. The van der Waals surface area contributed by atoms with Crippen LogP contribution in [-0.4, -0.2) is 72.8 Å². The van der Waals surface area contributed by atoms with Gasteiger partial charge in [0.1, 0.15) is 5.60 Å². The minimum atomic E-state index is -0.548. The lowest BCUT2D eigenvalue weighted by Crippen LogP contribution is -2.54. The first-order valence-electron chi connectivity index (χ1n) is 10.0. The Balaban J connectivity index is 1.68. The molecule has 0 saturated carbocycles. The molecule has 0 unspecified atom stereocenters. The fraction of sp³-hybridized carbons (Fsp3) is 0.500. The number of methoxy groups -OCH3 is 1. The Bertz CT molecular complexity index is 857. The molecule has 2 saturated heterocycles. The van der Waals surface area contributed by atoms with Crippen LogP contribution >= 0.6 is 0 Å². The first-order valence-corrected chi connectivity index (χ1v) is 10.0. The van der Waals surface area contributed by atoms with Crippen LogP contribution in [-0.2, 0) is 14.3 Å². The van der Waals surface area contributed by atoms with Crippen LogP contribution in [0.25, 0.3) is 5.57 Å². The van der Waals surface area contributed by atoms with E-state index < -0.39 is 11.6 Å². The van der Waals surface area contributed by atoms with Gasteiger partial charge in [0.2, 0.25) is 0 Å². The molecule has 162 valence electrons. The molecule has 2 aliphatic heterocycles. The molecule has 30 heavy (non-hydrogen) atoms. The van der Waals surface area contributed by atoms with E-state index in [0.29, 0.717) is 26.2 Å². The van der Waals surface area contributed by atoms with Crippen LogP contribution < -0.4 is 4.90 Å². The van der Waals surface area contributed by atoms with Gasteiger partial charge < -0.3 is 19.3 Å². The lowest BCUT2D eigenvalue weighted by molar-refractivity contribution is -0.134. The molecule has 8 nitrogen and oxygen atoms in total. The zero-order chi connectivity index (χ0) is 22.1. The maximum atomic E-state index is 12.9. The number of allylic oxidation sites excluding steroid dienone is 1. The molecule has 1 aromatic carbocycles. The van der Waals surface area contributed by atoms with Crippen molar-refractivity contribution in [3.63, 3.8) is 0 Å². The number of amides is 3. The van der Waals surface area contributed by atoms with E-state index >= 15 is 0 Å². The zero-order valence-corrected chi connectivity index (χ0v) is 18.2. The van der Waals surface area contributed by atoms with Crippen LogP contribution in [0.15, 0.2) is 30.3 Å². The molecule has 0 aliphatic carbocycles. The van der Waals surface area contributed by atoms with Gasteiger partial charge in [-0.2, -0.15) is 0 Å². The minimum absolute atomic E-state index is 0.0570. The number of benzene rings is 1. The highest BCUT2D eigenvalue weighted by Crippen LogP contribution is 2.28. The average Bonchev–Trinajstić information content (AvgIpc) is 3.02. The van der Waals surface area contributed by atoms with Crippen molar-refractivity contribution in [1.82, 2.24) is 9.80 Å². The number of fused-ring (bicyclic) bond motifs is 1. The lowest BCUT2D eigenvalue weighted by Gasteiger charge is -2.36. The van der Waals surface area contributed by atoms with Gasteiger partial charge in [0, 0.05) is 37.9 Å². The van der Waals surface area contributed by atoms with E-state index in [9.17, 15) is 14.4 Å². The van der Waals surface area contributed by atoms with Crippen molar-refractivity contribution >= 4 is 29.4 Å². The number of piperazine rings is 1. The Morgan fingerprint density at radius 2 is 1.77 bits per heavy atom. The van der Waals surface area contributed by atoms with Crippen molar-refractivity contribution in [2.75, 3.05) is 38.2 Å². The van der Waals surface area contributed by atoms with Gasteiger partial charge >= 0.3 is 18.1 Å². The highest BCUT2D eigenvalue weighted by Gasteiger charge is 2.42. The van der Waals surface area contributed by atoms with E-state index in [1.165, 1.54) is 13.2 Å². The second-order valence-corrected chi connectivity index (χ2v) is 8.56. The second kappa shape index (κ2) is 8.38. The lowest BCUT2D eigenvalue weighted by atomic mass is 10.1. The third kappa shape index (κ3) is 4.75. The van der Waals surface area contributed by atoms with Gasteiger partial charge in [0.25, 0.3) is 0 Å². The minimum Gasteiger partial charge on any atom is -0.466 e. The molecule has 1 aromatic rings. The summed E-state index contributed by atoms with van der Waals surface area (Å²) in [6.07, 6.45) is 1.09. The van der Waals surface area contributed by atoms with Crippen LogP contribution in [0.2, 0.25) is 0 Å². The number of nitrogens with zero attached hydrogens (tertiary/aromatic N) is 3. The van der Waals surface area contributed by atoms with E-state index in [4.69, 9.17) is 4.74 Å². The third-order valence-electron chi connectivity index (χ3n) is 5.17. The van der Waals surface area contributed by atoms with Gasteiger partial charge in [0.15, 0.2) is 0 Å². The Morgan fingerprint density at radius 1 is 1.10 bits per heavy atom. The molecule has 2 heterocycles. The standard InChI is InChI=1S/C22H29N3O5/c1-15(12-19(26)29-5)16-6-8-17(9-7-16)25-14-18-13-23(10-11-24(18)20(25)27)21(28)30-22(2,3)4/h6-9,12,18H,10-11,13-14H2,1-5H3/b15-12+/t18-/m0/s1. The van der Waals surface area contributed by atoms with Crippen LogP contribution in [0, 0.1) is 0 Å². The summed E-state index contributed by atoms with van der Waals surface area (Å²) in [4.78, 5) is 41.9. The van der Waals surface area contributed by atoms with Crippen molar-refractivity contribution in [2.45, 2.75) is 39.3 Å². The number of esters is 1. The molecular weight excluding hydrogens is 386 g/mol. The number of carbonyl (C=O) groups excluding carboxylic acids is 3. The van der Waals surface area contributed by atoms with E-state index in [1.54, 1.807) is 9.80 Å². The number of hydrogen-bond acceptors (Lipinski definition) is 5. The fourth-order valence-electron chi connectivity index (χ4n) is 3.64. The Hall–Kier alpha value is -3.03. The Morgan fingerprint density at radius 3 is 2.37 bits per heavy atom. The van der Waals surface area contributed by atoms with Gasteiger partial charge in [-0.25, -0.2) is 14.4 Å². The molecule has 0 radical (unpaired) electrons. The average molecular weight is 415 g/mol. The summed E-state index contributed by atoms with van der Waals surface area (Å²) in [7, 11) is 1.34. The zero-order valence-electron chi connectivity index (χ0n) is 18.2. The first-order chi connectivity index (χ1) is 14.1. The highest BCUT2D eigenvalue weighted by atomic mass is 16.6. The quantitative estimate of drug-likeness (QED) is 0.560. The maximum absolute atomic E-state index is 12.9. The summed E-state index contributed by atoms with van der Waals surface area (Å²) in [5.74, 6) is -0.405. The summed E-state index contributed by atoms with van der Waals surface area (Å²) in [5.41, 5.74) is 1.90. The summed E-state index contributed by atoms with van der Waals surface area (Å²) in [5, 5.41) is 0. The van der Waals surface area contributed by atoms with Crippen LogP contribution in [0.1, 0.15) is 33.3 Å². The largest absolute Gasteiger partial charge is 0.466 e. The molecule has 0 bridgehead atoms. The molecule has 0 spiro atoms. The van der Waals surface area contributed by atoms with E-state index in [1.807, 2.05) is 56.9 Å². The van der Waals surface area contributed by atoms with E-state index in [2.05, 4.69) is 4.74 Å². The number of ether oxygens (including phenoxy) is 2. The first kappa shape index (κ1) is 21.7. The molecular formula is C22H29N3O5. The number of rotatable bonds is 3. The topological polar surface area (TPSA) is 79.4 Å². The van der Waals surface area contributed by atoms with Crippen molar-refractivity contribution in [3.8, 4) is 0 Å².